The van der Waals surface area contributed by atoms with Gasteiger partial charge in [-0.2, -0.15) is 0 Å². The van der Waals surface area contributed by atoms with Crippen LogP contribution in [0.25, 0.3) is 0 Å². The third-order valence-corrected chi connectivity index (χ3v) is 3.04. The Kier molecular flexibility index (Phi) is 4.97. The van der Waals surface area contributed by atoms with Crippen molar-refractivity contribution in [3.05, 3.63) is 29.8 Å². The van der Waals surface area contributed by atoms with E-state index in [1.165, 1.54) is 5.56 Å². The Balaban J connectivity index is 2.75. The maximum absolute atomic E-state index is 9.30. The number of hydrogen-bond donors (Lipinski definition) is 2. The molecular weight excluding hydrogens is 214 g/mol. The largest absolute Gasteiger partial charge is 0.491 e. The van der Waals surface area contributed by atoms with Crippen LogP contribution in [0.2, 0.25) is 0 Å². The second kappa shape index (κ2) is 6.03. The molecule has 1 atom stereocenters. The highest BCUT2D eigenvalue weighted by Gasteiger charge is 2.22. The molecule has 17 heavy (non-hydrogen) atoms. The summed E-state index contributed by atoms with van der Waals surface area (Å²) in [4.78, 5) is 0. The molecule has 0 bridgehead atoms. The molecule has 0 fully saturated rings. The number of nitrogens with one attached hydrogen (secondary N) is 1. The molecule has 1 unspecified atom stereocenters. The molecule has 0 saturated carbocycles. The number of rotatable bonds is 6. The van der Waals surface area contributed by atoms with Gasteiger partial charge < -0.3 is 15.2 Å². The van der Waals surface area contributed by atoms with Crippen LogP contribution in [0.3, 0.4) is 0 Å². The quantitative estimate of drug-likeness (QED) is 0.796. The first kappa shape index (κ1) is 14.0. The van der Waals surface area contributed by atoms with Crippen LogP contribution in [0.15, 0.2) is 24.3 Å². The fourth-order valence-electron chi connectivity index (χ4n) is 1.52. The first-order valence-electron chi connectivity index (χ1n) is 6.04. The minimum absolute atomic E-state index is 0.0490. The number of ether oxygens (including phenoxy) is 1. The lowest BCUT2D eigenvalue weighted by atomic mass is 10.0. The number of aliphatic hydroxyl groups is 1. The number of aliphatic hydroxyl groups excluding tert-OH is 1. The van der Waals surface area contributed by atoms with Crippen molar-refractivity contribution in [2.75, 3.05) is 20.3 Å². The molecule has 1 aromatic rings. The van der Waals surface area contributed by atoms with E-state index in [4.69, 9.17) is 4.74 Å². The maximum Gasteiger partial charge on any atom is 0.122 e. The van der Waals surface area contributed by atoms with Crippen LogP contribution in [0.4, 0.5) is 0 Å². The Morgan fingerprint density at radius 1 is 1.35 bits per heavy atom. The third-order valence-electron chi connectivity index (χ3n) is 3.04. The average Bonchev–Trinajstić information content (AvgIpc) is 2.36. The van der Waals surface area contributed by atoms with Crippen molar-refractivity contribution in [1.29, 1.82) is 0 Å². The predicted molar refractivity (Wildman–Crippen MR) is 70.6 cm³/mol. The first-order valence-corrected chi connectivity index (χ1v) is 6.04. The summed E-state index contributed by atoms with van der Waals surface area (Å²) in [6.07, 6.45) is 0. The minimum atomic E-state index is -0.399. The summed E-state index contributed by atoms with van der Waals surface area (Å²) in [5.41, 5.74) is 0.799. The van der Waals surface area contributed by atoms with E-state index in [9.17, 15) is 5.11 Å². The van der Waals surface area contributed by atoms with E-state index in [0.717, 1.165) is 5.75 Å². The summed E-state index contributed by atoms with van der Waals surface area (Å²) in [7, 11) is 1.83. The summed E-state index contributed by atoms with van der Waals surface area (Å²) in [5, 5.41) is 12.4. The Morgan fingerprint density at radius 3 is 2.53 bits per heavy atom. The van der Waals surface area contributed by atoms with E-state index < -0.39 is 5.54 Å². The molecule has 0 aliphatic rings. The average molecular weight is 237 g/mol. The van der Waals surface area contributed by atoms with Crippen molar-refractivity contribution in [2.24, 2.45) is 0 Å². The minimum Gasteiger partial charge on any atom is -0.491 e. The normalized spacial score (nSPS) is 14.7. The van der Waals surface area contributed by atoms with Gasteiger partial charge in [-0.15, -0.1) is 0 Å². The Hall–Kier alpha value is -1.06. The fraction of sp³-hybridized carbons (Fsp3) is 0.571. The van der Waals surface area contributed by atoms with E-state index in [2.05, 4.69) is 25.2 Å². The van der Waals surface area contributed by atoms with Crippen LogP contribution in [0.1, 0.15) is 32.3 Å². The highest BCUT2D eigenvalue weighted by molar-refractivity contribution is 5.35. The molecule has 3 nitrogen and oxygen atoms in total. The summed E-state index contributed by atoms with van der Waals surface area (Å²) in [6, 6.07) is 8.04. The van der Waals surface area contributed by atoms with Crippen LogP contribution in [0, 0.1) is 0 Å². The van der Waals surface area contributed by atoms with E-state index in [0.29, 0.717) is 12.5 Å². The van der Waals surface area contributed by atoms with Crippen molar-refractivity contribution in [2.45, 2.75) is 32.2 Å². The van der Waals surface area contributed by atoms with Crippen LogP contribution in [0.5, 0.6) is 5.75 Å². The lowest BCUT2D eigenvalue weighted by molar-refractivity contribution is 0.122. The number of para-hydroxylation sites is 1. The van der Waals surface area contributed by atoms with Gasteiger partial charge in [-0.1, -0.05) is 32.0 Å². The summed E-state index contributed by atoms with van der Waals surface area (Å²) in [6.45, 7) is 6.72. The Labute approximate surface area is 104 Å². The van der Waals surface area contributed by atoms with Gasteiger partial charge in [-0.25, -0.2) is 0 Å². The molecule has 0 aliphatic carbocycles. The van der Waals surface area contributed by atoms with Crippen LogP contribution >= 0.6 is 0 Å². The highest BCUT2D eigenvalue weighted by Crippen LogP contribution is 2.26. The van der Waals surface area contributed by atoms with Crippen molar-refractivity contribution in [3.8, 4) is 5.75 Å². The molecule has 0 amide bonds. The van der Waals surface area contributed by atoms with Crippen molar-refractivity contribution in [1.82, 2.24) is 5.32 Å². The van der Waals surface area contributed by atoms with Gasteiger partial charge >= 0.3 is 0 Å². The number of hydrogen-bond acceptors (Lipinski definition) is 3. The Bertz CT molecular complexity index is 346. The molecule has 96 valence electrons. The smallest absolute Gasteiger partial charge is 0.122 e. The van der Waals surface area contributed by atoms with E-state index >= 15 is 0 Å². The third kappa shape index (κ3) is 3.72. The van der Waals surface area contributed by atoms with E-state index in [1.54, 1.807) is 0 Å². The molecular formula is C14H23NO2. The zero-order valence-corrected chi connectivity index (χ0v) is 11.2. The molecule has 0 heterocycles. The fourth-order valence-corrected chi connectivity index (χ4v) is 1.52. The van der Waals surface area contributed by atoms with Gasteiger partial charge in [0.15, 0.2) is 0 Å². The number of likely N-dealkylation sites (N-methyl/N-ethyl adjacent to an activating group) is 1. The summed E-state index contributed by atoms with van der Waals surface area (Å²) in [5.74, 6) is 1.33. The first-order chi connectivity index (χ1) is 8.02. The molecule has 2 N–H and O–H groups in total. The molecule has 0 spiro atoms. The van der Waals surface area contributed by atoms with E-state index in [1.807, 2.05) is 32.2 Å². The lowest BCUT2D eigenvalue weighted by Gasteiger charge is -2.27. The molecule has 3 heteroatoms. The van der Waals surface area contributed by atoms with Gasteiger partial charge in [0.05, 0.1) is 12.1 Å². The van der Waals surface area contributed by atoms with Gasteiger partial charge in [0, 0.05) is 0 Å². The molecule has 0 saturated heterocycles. The monoisotopic (exact) mass is 237 g/mol. The SMILES string of the molecule is CNC(C)(CO)COc1ccccc1C(C)C. The number of benzene rings is 1. The summed E-state index contributed by atoms with van der Waals surface area (Å²) < 4.78 is 5.82. The van der Waals surface area contributed by atoms with Gasteiger partial charge in [-0.05, 0) is 31.5 Å². The molecule has 0 radical (unpaired) electrons. The van der Waals surface area contributed by atoms with Crippen LogP contribution in [-0.2, 0) is 0 Å². The molecule has 1 aromatic carbocycles. The zero-order chi connectivity index (χ0) is 12.9. The second-order valence-electron chi connectivity index (χ2n) is 4.95. The van der Waals surface area contributed by atoms with Crippen molar-refractivity contribution < 1.29 is 9.84 Å². The van der Waals surface area contributed by atoms with Crippen LogP contribution in [-0.4, -0.2) is 30.9 Å². The lowest BCUT2D eigenvalue weighted by Crippen LogP contribution is -2.48. The van der Waals surface area contributed by atoms with Gasteiger partial charge in [0.25, 0.3) is 0 Å². The highest BCUT2D eigenvalue weighted by atomic mass is 16.5. The van der Waals surface area contributed by atoms with Gasteiger partial charge in [-0.3, -0.25) is 0 Å². The zero-order valence-electron chi connectivity index (χ0n) is 11.2. The van der Waals surface area contributed by atoms with Crippen molar-refractivity contribution in [3.63, 3.8) is 0 Å². The molecule has 0 aliphatic heterocycles. The summed E-state index contributed by atoms with van der Waals surface area (Å²) >= 11 is 0. The maximum atomic E-state index is 9.30. The van der Waals surface area contributed by atoms with Gasteiger partial charge in [0.2, 0.25) is 0 Å². The van der Waals surface area contributed by atoms with Crippen LogP contribution < -0.4 is 10.1 Å². The van der Waals surface area contributed by atoms with Crippen molar-refractivity contribution >= 4 is 0 Å². The Morgan fingerprint density at radius 2 is 2.00 bits per heavy atom. The predicted octanol–water partition coefficient (Wildman–Crippen LogP) is 2.16. The molecule has 1 rings (SSSR count). The second-order valence-corrected chi connectivity index (χ2v) is 4.95. The topological polar surface area (TPSA) is 41.5 Å². The standard InChI is InChI=1S/C14H23NO2/c1-11(2)12-7-5-6-8-13(12)17-10-14(3,9-16)15-4/h5-8,11,15-16H,9-10H2,1-4H3. The van der Waals surface area contributed by atoms with Gasteiger partial charge in [0.1, 0.15) is 12.4 Å². The van der Waals surface area contributed by atoms with E-state index in [-0.39, 0.29) is 6.61 Å². The molecule has 0 aromatic heterocycles.